The molecule has 0 atom stereocenters. The first-order chi connectivity index (χ1) is 13.0. The van der Waals surface area contributed by atoms with Gasteiger partial charge in [-0.05, 0) is 35.9 Å². The molecule has 3 aromatic rings. The summed E-state index contributed by atoms with van der Waals surface area (Å²) in [6.45, 7) is 0.407. The first-order valence-corrected chi connectivity index (χ1v) is 8.66. The van der Waals surface area contributed by atoms with Gasteiger partial charge in [-0.2, -0.15) is 5.26 Å². The molecule has 0 aliphatic rings. The average molecular weight is 380 g/mol. The summed E-state index contributed by atoms with van der Waals surface area (Å²) in [6, 6.07) is 16.4. The number of amides is 1. The van der Waals surface area contributed by atoms with E-state index in [1.54, 1.807) is 36.2 Å². The fourth-order valence-electron chi connectivity index (χ4n) is 2.81. The summed E-state index contributed by atoms with van der Waals surface area (Å²) in [6.07, 6.45) is 3.75. The average Bonchev–Trinajstić information content (AvgIpc) is 3.22. The van der Waals surface area contributed by atoms with E-state index in [4.69, 9.17) is 21.6 Å². The lowest BCUT2D eigenvalue weighted by atomic mass is 10.1. The van der Waals surface area contributed by atoms with Crippen LogP contribution in [0.4, 0.5) is 0 Å². The van der Waals surface area contributed by atoms with Crippen molar-refractivity contribution in [3.63, 3.8) is 0 Å². The van der Waals surface area contributed by atoms with E-state index in [2.05, 4.69) is 6.07 Å². The van der Waals surface area contributed by atoms with Gasteiger partial charge < -0.3 is 14.2 Å². The molecule has 0 aliphatic heterocycles. The lowest BCUT2D eigenvalue weighted by Gasteiger charge is -2.20. The number of hydrogen-bond donors (Lipinski definition) is 0. The van der Waals surface area contributed by atoms with Crippen LogP contribution >= 0.6 is 11.6 Å². The monoisotopic (exact) mass is 379 g/mol. The molecule has 6 heteroatoms. The van der Waals surface area contributed by atoms with Crippen molar-refractivity contribution < 1.29 is 9.53 Å². The Hall–Kier alpha value is -3.23. The summed E-state index contributed by atoms with van der Waals surface area (Å²) in [4.78, 5) is 14.5. The van der Waals surface area contributed by atoms with Crippen LogP contribution < -0.4 is 4.74 Å². The predicted molar refractivity (Wildman–Crippen MR) is 104 cm³/mol. The number of nitriles is 1. The smallest absolute Gasteiger partial charge is 0.257 e. The Balaban J connectivity index is 1.86. The number of methoxy groups -OCH3 is 1. The summed E-state index contributed by atoms with van der Waals surface area (Å²) < 4.78 is 7.30. The van der Waals surface area contributed by atoms with E-state index in [0.29, 0.717) is 28.4 Å². The van der Waals surface area contributed by atoms with Crippen LogP contribution in [0, 0.1) is 11.3 Å². The maximum Gasteiger partial charge on any atom is 0.257 e. The van der Waals surface area contributed by atoms with Crippen molar-refractivity contribution >= 4 is 17.5 Å². The molecule has 2 aromatic carbocycles. The number of aromatic nitrogens is 1. The van der Waals surface area contributed by atoms with E-state index in [0.717, 1.165) is 11.3 Å². The largest absolute Gasteiger partial charge is 0.496 e. The van der Waals surface area contributed by atoms with E-state index in [1.807, 2.05) is 41.2 Å². The van der Waals surface area contributed by atoms with Gasteiger partial charge in [0.05, 0.1) is 35.0 Å². The Morgan fingerprint density at radius 3 is 2.48 bits per heavy atom. The number of carbonyl (C=O) groups is 1. The van der Waals surface area contributed by atoms with E-state index in [1.165, 1.54) is 7.11 Å². The fourth-order valence-corrected chi connectivity index (χ4v) is 3.07. The van der Waals surface area contributed by atoms with Crippen LogP contribution in [0.3, 0.4) is 0 Å². The number of hydrogen-bond acceptors (Lipinski definition) is 3. The highest BCUT2D eigenvalue weighted by Crippen LogP contribution is 2.31. The maximum atomic E-state index is 12.9. The molecule has 0 saturated carbocycles. The van der Waals surface area contributed by atoms with Gasteiger partial charge in [0.15, 0.2) is 0 Å². The molecule has 1 heterocycles. The Morgan fingerprint density at radius 2 is 1.89 bits per heavy atom. The zero-order valence-electron chi connectivity index (χ0n) is 15.0. The number of nitrogens with zero attached hydrogens (tertiary/aromatic N) is 3. The molecule has 0 aliphatic carbocycles. The van der Waals surface area contributed by atoms with Gasteiger partial charge in [-0.1, -0.05) is 23.7 Å². The number of carbonyl (C=O) groups excluding carboxylic acids is 1. The van der Waals surface area contributed by atoms with Gasteiger partial charge >= 0.3 is 0 Å². The maximum absolute atomic E-state index is 12.9. The van der Waals surface area contributed by atoms with Crippen molar-refractivity contribution in [3.05, 3.63) is 82.6 Å². The summed E-state index contributed by atoms with van der Waals surface area (Å²) in [5.41, 5.74) is 2.65. The van der Waals surface area contributed by atoms with Gasteiger partial charge in [0, 0.05) is 32.1 Å². The second kappa shape index (κ2) is 7.98. The highest BCUT2D eigenvalue weighted by molar-refractivity contribution is 6.33. The molecule has 0 unspecified atom stereocenters. The minimum absolute atomic E-state index is 0.197. The topological polar surface area (TPSA) is 58.3 Å². The summed E-state index contributed by atoms with van der Waals surface area (Å²) in [5, 5.41) is 9.34. The fraction of sp³-hybridized carbons (Fsp3) is 0.143. The summed E-state index contributed by atoms with van der Waals surface area (Å²) in [5.74, 6) is 0.261. The first-order valence-electron chi connectivity index (χ1n) is 8.29. The van der Waals surface area contributed by atoms with Gasteiger partial charge in [0.25, 0.3) is 5.91 Å². The molecule has 1 amide bonds. The molecule has 1 aromatic heterocycles. The van der Waals surface area contributed by atoms with E-state index in [9.17, 15) is 4.79 Å². The van der Waals surface area contributed by atoms with Crippen LogP contribution in [0.2, 0.25) is 5.02 Å². The van der Waals surface area contributed by atoms with Crippen LogP contribution in [0.1, 0.15) is 21.5 Å². The van der Waals surface area contributed by atoms with E-state index in [-0.39, 0.29) is 5.91 Å². The summed E-state index contributed by atoms with van der Waals surface area (Å²) in [7, 11) is 3.24. The number of rotatable bonds is 5. The van der Waals surface area contributed by atoms with Gasteiger partial charge in [-0.25, -0.2) is 0 Å². The quantitative estimate of drug-likeness (QED) is 0.664. The standard InChI is InChI=1S/C21H18ClN3O2/c1-24(14-16-7-5-15(13-23)6-8-16)21(26)17-11-18(22)19(12-20(17)27-2)25-9-3-4-10-25/h3-12H,14H2,1-2H3. The van der Waals surface area contributed by atoms with Crippen LogP contribution in [0.25, 0.3) is 5.69 Å². The molecule has 136 valence electrons. The molecule has 27 heavy (non-hydrogen) atoms. The third kappa shape index (κ3) is 3.97. The second-order valence-electron chi connectivity index (χ2n) is 6.06. The molecule has 0 fully saturated rings. The number of ether oxygens (including phenoxy) is 1. The van der Waals surface area contributed by atoms with Crippen molar-refractivity contribution in [2.24, 2.45) is 0 Å². The Kier molecular flexibility index (Phi) is 5.49. The van der Waals surface area contributed by atoms with Crippen LogP contribution in [-0.2, 0) is 6.54 Å². The zero-order chi connectivity index (χ0) is 19.4. The molecular formula is C21H18ClN3O2. The van der Waals surface area contributed by atoms with Gasteiger partial charge in [0.1, 0.15) is 5.75 Å². The van der Waals surface area contributed by atoms with Crippen molar-refractivity contribution in [3.8, 4) is 17.5 Å². The Labute approximate surface area is 163 Å². The minimum Gasteiger partial charge on any atom is -0.496 e. The van der Waals surface area contributed by atoms with Gasteiger partial charge in [-0.3, -0.25) is 4.79 Å². The molecule has 0 saturated heterocycles. The van der Waals surface area contributed by atoms with Crippen molar-refractivity contribution in [2.75, 3.05) is 14.2 Å². The van der Waals surface area contributed by atoms with Crippen molar-refractivity contribution in [2.45, 2.75) is 6.54 Å². The Morgan fingerprint density at radius 1 is 1.22 bits per heavy atom. The SMILES string of the molecule is COc1cc(-n2cccc2)c(Cl)cc1C(=O)N(C)Cc1ccc(C#N)cc1. The zero-order valence-corrected chi connectivity index (χ0v) is 15.8. The predicted octanol–water partition coefficient (Wildman–Crippen LogP) is 4.28. The Bertz CT molecular complexity index is 990. The molecule has 3 rings (SSSR count). The first kappa shape index (κ1) is 18.6. The van der Waals surface area contributed by atoms with E-state index < -0.39 is 0 Å². The normalized spacial score (nSPS) is 10.3. The molecule has 0 spiro atoms. The second-order valence-corrected chi connectivity index (χ2v) is 6.47. The van der Waals surface area contributed by atoms with Crippen LogP contribution in [-0.4, -0.2) is 29.5 Å². The van der Waals surface area contributed by atoms with Crippen LogP contribution in [0.5, 0.6) is 5.75 Å². The summed E-state index contributed by atoms with van der Waals surface area (Å²) >= 11 is 6.41. The number of benzene rings is 2. The lowest BCUT2D eigenvalue weighted by Crippen LogP contribution is -2.26. The van der Waals surface area contributed by atoms with Gasteiger partial charge in [-0.15, -0.1) is 0 Å². The minimum atomic E-state index is -0.197. The van der Waals surface area contributed by atoms with Crippen molar-refractivity contribution in [1.29, 1.82) is 5.26 Å². The highest BCUT2D eigenvalue weighted by Gasteiger charge is 2.20. The third-order valence-corrected chi connectivity index (χ3v) is 4.53. The number of halogens is 1. The van der Waals surface area contributed by atoms with Crippen molar-refractivity contribution in [1.82, 2.24) is 9.47 Å². The lowest BCUT2D eigenvalue weighted by molar-refractivity contribution is 0.0781. The highest BCUT2D eigenvalue weighted by atomic mass is 35.5. The molecule has 0 radical (unpaired) electrons. The van der Waals surface area contributed by atoms with E-state index >= 15 is 0 Å². The third-order valence-electron chi connectivity index (χ3n) is 4.23. The molecule has 0 N–H and O–H groups in total. The molecule has 0 bridgehead atoms. The molecule has 5 nitrogen and oxygen atoms in total. The molecular weight excluding hydrogens is 362 g/mol. The van der Waals surface area contributed by atoms with Crippen LogP contribution in [0.15, 0.2) is 60.9 Å². The van der Waals surface area contributed by atoms with Gasteiger partial charge in [0.2, 0.25) is 0 Å².